The molecular weight excluding hydrogens is 263 g/mol. The summed E-state index contributed by atoms with van der Waals surface area (Å²) in [6, 6.07) is 7.66. The van der Waals surface area contributed by atoms with Crippen LogP contribution in [0.15, 0.2) is 35.7 Å². The summed E-state index contributed by atoms with van der Waals surface area (Å²) in [5.74, 6) is -0.783. The van der Waals surface area contributed by atoms with Crippen molar-refractivity contribution in [3.63, 3.8) is 0 Å². The van der Waals surface area contributed by atoms with Crippen molar-refractivity contribution < 1.29 is 9.18 Å². The number of thiophene rings is 1. The first-order valence-corrected chi connectivity index (χ1v) is 6.77. The third-order valence-electron chi connectivity index (χ3n) is 2.89. The van der Waals surface area contributed by atoms with Gasteiger partial charge in [0.05, 0.1) is 0 Å². The number of primary amides is 1. The molecule has 0 bridgehead atoms. The zero-order valence-corrected chi connectivity index (χ0v) is 11.3. The van der Waals surface area contributed by atoms with Crippen LogP contribution in [0.4, 0.5) is 4.39 Å². The quantitative estimate of drug-likeness (QED) is 0.883. The molecule has 1 amide bonds. The van der Waals surface area contributed by atoms with Gasteiger partial charge in [0.2, 0.25) is 5.91 Å². The van der Waals surface area contributed by atoms with E-state index in [2.05, 4.69) is 5.32 Å². The second-order valence-electron chi connectivity index (χ2n) is 4.30. The van der Waals surface area contributed by atoms with Gasteiger partial charge in [0, 0.05) is 11.4 Å². The Morgan fingerprint density at radius 1 is 1.47 bits per heavy atom. The van der Waals surface area contributed by atoms with Crippen molar-refractivity contribution in [3.05, 3.63) is 57.5 Å². The molecule has 0 radical (unpaired) electrons. The van der Waals surface area contributed by atoms with Crippen LogP contribution in [0.3, 0.4) is 0 Å². The van der Waals surface area contributed by atoms with E-state index < -0.39 is 11.9 Å². The average Bonchev–Trinajstić information content (AvgIpc) is 2.84. The van der Waals surface area contributed by atoms with Gasteiger partial charge in [0.15, 0.2) is 0 Å². The molecule has 2 aromatic rings. The standard InChI is InChI=1S/C14H15FN2OS/c1-9-7-10(15)4-5-12(9)13(14(16)18)17-8-11-3-2-6-19-11/h2-7,13,17H,8H2,1H3,(H2,16,18). The number of carbonyl (C=O) groups excluding carboxylic acids is 1. The van der Waals surface area contributed by atoms with E-state index in [1.165, 1.54) is 12.1 Å². The van der Waals surface area contributed by atoms with Crippen LogP contribution in [-0.2, 0) is 11.3 Å². The zero-order valence-electron chi connectivity index (χ0n) is 10.5. The molecule has 19 heavy (non-hydrogen) atoms. The lowest BCUT2D eigenvalue weighted by atomic mass is 10.0. The van der Waals surface area contributed by atoms with Crippen molar-refractivity contribution in [2.45, 2.75) is 19.5 Å². The second kappa shape index (κ2) is 5.95. The molecule has 0 aliphatic rings. The van der Waals surface area contributed by atoms with Crippen LogP contribution in [0.5, 0.6) is 0 Å². The smallest absolute Gasteiger partial charge is 0.239 e. The Balaban J connectivity index is 2.17. The van der Waals surface area contributed by atoms with Crippen LogP contribution < -0.4 is 11.1 Å². The minimum Gasteiger partial charge on any atom is -0.368 e. The Morgan fingerprint density at radius 3 is 2.84 bits per heavy atom. The Morgan fingerprint density at radius 2 is 2.26 bits per heavy atom. The van der Waals surface area contributed by atoms with Gasteiger partial charge in [0.1, 0.15) is 11.9 Å². The summed E-state index contributed by atoms with van der Waals surface area (Å²) >= 11 is 1.60. The highest BCUT2D eigenvalue weighted by molar-refractivity contribution is 7.09. The number of nitrogens with one attached hydrogen (secondary N) is 1. The molecule has 0 aliphatic heterocycles. The molecule has 5 heteroatoms. The van der Waals surface area contributed by atoms with Crippen molar-refractivity contribution in [1.29, 1.82) is 0 Å². The molecular formula is C14H15FN2OS. The summed E-state index contributed by atoms with van der Waals surface area (Å²) in [6.45, 7) is 2.32. The van der Waals surface area contributed by atoms with E-state index in [0.29, 0.717) is 17.7 Å². The predicted octanol–water partition coefficient (Wildman–Crippen LogP) is 2.51. The number of nitrogens with two attached hydrogens (primary N) is 1. The second-order valence-corrected chi connectivity index (χ2v) is 5.33. The fourth-order valence-electron chi connectivity index (χ4n) is 1.94. The van der Waals surface area contributed by atoms with Crippen molar-refractivity contribution in [2.75, 3.05) is 0 Å². The normalized spacial score (nSPS) is 12.3. The molecule has 0 spiro atoms. The van der Waals surface area contributed by atoms with E-state index in [4.69, 9.17) is 5.73 Å². The topological polar surface area (TPSA) is 55.1 Å². The number of aryl methyl sites for hydroxylation is 1. The Hall–Kier alpha value is -1.72. The lowest BCUT2D eigenvalue weighted by Gasteiger charge is -2.17. The summed E-state index contributed by atoms with van der Waals surface area (Å²) in [7, 11) is 0. The van der Waals surface area contributed by atoms with Gasteiger partial charge in [-0.25, -0.2) is 4.39 Å². The Kier molecular flexibility index (Phi) is 4.29. The van der Waals surface area contributed by atoms with Crippen LogP contribution in [-0.4, -0.2) is 5.91 Å². The molecule has 0 fully saturated rings. The number of hydrogen-bond donors (Lipinski definition) is 2. The molecule has 3 nitrogen and oxygen atoms in total. The van der Waals surface area contributed by atoms with Crippen LogP contribution >= 0.6 is 11.3 Å². The van der Waals surface area contributed by atoms with Crippen molar-refractivity contribution >= 4 is 17.2 Å². The average molecular weight is 278 g/mol. The minimum absolute atomic E-state index is 0.317. The molecule has 0 saturated heterocycles. The van der Waals surface area contributed by atoms with Crippen molar-refractivity contribution in [3.8, 4) is 0 Å². The monoisotopic (exact) mass is 278 g/mol. The van der Waals surface area contributed by atoms with Crippen molar-refractivity contribution in [1.82, 2.24) is 5.32 Å². The summed E-state index contributed by atoms with van der Waals surface area (Å²) in [6.07, 6.45) is 0. The van der Waals surface area contributed by atoms with Gasteiger partial charge >= 0.3 is 0 Å². The van der Waals surface area contributed by atoms with Gasteiger partial charge in [-0.3, -0.25) is 10.1 Å². The number of rotatable bonds is 5. The summed E-state index contributed by atoms with van der Waals surface area (Å²) in [5, 5.41) is 5.08. The highest BCUT2D eigenvalue weighted by Gasteiger charge is 2.19. The van der Waals surface area contributed by atoms with Gasteiger partial charge in [-0.1, -0.05) is 12.1 Å². The SMILES string of the molecule is Cc1cc(F)ccc1C(NCc1cccs1)C(N)=O. The van der Waals surface area contributed by atoms with Gasteiger partial charge < -0.3 is 5.73 Å². The number of halogens is 1. The maximum Gasteiger partial charge on any atom is 0.239 e. The first-order valence-electron chi connectivity index (χ1n) is 5.89. The fourth-order valence-corrected chi connectivity index (χ4v) is 2.60. The van der Waals surface area contributed by atoms with E-state index in [1.807, 2.05) is 17.5 Å². The van der Waals surface area contributed by atoms with E-state index >= 15 is 0 Å². The Bertz CT molecular complexity index is 569. The number of carbonyl (C=O) groups is 1. The molecule has 0 saturated carbocycles. The highest BCUT2D eigenvalue weighted by Crippen LogP contribution is 2.20. The van der Waals surface area contributed by atoms with E-state index in [9.17, 15) is 9.18 Å². The van der Waals surface area contributed by atoms with Crippen LogP contribution in [0, 0.1) is 12.7 Å². The molecule has 1 heterocycles. The molecule has 1 aromatic carbocycles. The first-order chi connectivity index (χ1) is 9.08. The molecule has 3 N–H and O–H groups in total. The highest BCUT2D eigenvalue weighted by atomic mass is 32.1. The predicted molar refractivity (Wildman–Crippen MR) is 74.2 cm³/mol. The summed E-state index contributed by atoms with van der Waals surface area (Å²) < 4.78 is 13.1. The summed E-state index contributed by atoms with van der Waals surface area (Å²) in [4.78, 5) is 12.7. The maximum atomic E-state index is 13.1. The molecule has 100 valence electrons. The lowest BCUT2D eigenvalue weighted by molar-refractivity contribution is -0.120. The molecule has 2 rings (SSSR count). The fraction of sp³-hybridized carbons (Fsp3) is 0.214. The summed E-state index contributed by atoms with van der Waals surface area (Å²) in [5.41, 5.74) is 6.85. The molecule has 1 aromatic heterocycles. The van der Waals surface area contributed by atoms with E-state index in [1.54, 1.807) is 24.3 Å². The molecule has 1 unspecified atom stereocenters. The first kappa shape index (κ1) is 13.7. The van der Waals surface area contributed by atoms with Gasteiger partial charge in [-0.15, -0.1) is 11.3 Å². The lowest BCUT2D eigenvalue weighted by Crippen LogP contribution is -2.33. The Labute approximate surface area is 115 Å². The van der Waals surface area contributed by atoms with E-state index in [0.717, 1.165) is 4.88 Å². The molecule has 0 aliphatic carbocycles. The van der Waals surface area contributed by atoms with Gasteiger partial charge in [-0.2, -0.15) is 0 Å². The third kappa shape index (κ3) is 3.39. The molecule has 1 atom stereocenters. The van der Waals surface area contributed by atoms with Crippen molar-refractivity contribution in [2.24, 2.45) is 5.73 Å². The van der Waals surface area contributed by atoms with Crippen LogP contribution in [0.25, 0.3) is 0 Å². The number of hydrogen-bond acceptors (Lipinski definition) is 3. The van der Waals surface area contributed by atoms with Crippen LogP contribution in [0.1, 0.15) is 22.0 Å². The maximum absolute atomic E-state index is 13.1. The number of amides is 1. The van der Waals surface area contributed by atoms with Gasteiger partial charge in [0.25, 0.3) is 0 Å². The largest absolute Gasteiger partial charge is 0.368 e. The minimum atomic E-state index is -0.609. The van der Waals surface area contributed by atoms with Gasteiger partial charge in [-0.05, 0) is 41.6 Å². The number of benzene rings is 1. The van der Waals surface area contributed by atoms with Crippen LogP contribution in [0.2, 0.25) is 0 Å². The van der Waals surface area contributed by atoms with E-state index in [-0.39, 0.29) is 5.82 Å². The third-order valence-corrected chi connectivity index (χ3v) is 3.76. The zero-order chi connectivity index (χ0) is 13.8.